The van der Waals surface area contributed by atoms with Gasteiger partial charge in [-0.1, -0.05) is 0 Å². The van der Waals surface area contributed by atoms with E-state index in [0.29, 0.717) is 31.0 Å². The Morgan fingerprint density at radius 1 is 1.63 bits per heavy atom. The standard InChI is InChI=1S/C12H18N4O3/c1-16-6-8(4-10(16)12(13)18)15-11(17)5-9-7-19-3-2-14-9/h4,6,9,14H,2-3,5,7H2,1H3,(H2,13,18)(H,15,17). The quantitative estimate of drug-likeness (QED) is 0.680. The molecule has 4 N–H and O–H groups in total. The number of carbonyl (C=O) groups is 2. The Bertz CT molecular complexity index is 477. The van der Waals surface area contributed by atoms with Crippen LogP contribution in [0.1, 0.15) is 16.9 Å². The van der Waals surface area contributed by atoms with E-state index < -0.39 is 5.91 Å². The molecule has 104 valence electrons. The molecule has 7 heteroatoms. The molecule has 2 rings (SSSR count). The minimum atomic E-state index is -0.523. The van der Waals surface area contributed by atoms with E-state index >= 15 is 0 Å². The maximum absolute atomic E-state index is 11.8. The second-order valence-electron chi connectivity index (χ2n) is 4.57. The summed E-state index contributed by atoms with van der Waals surface area (Å²) in [5.74, 6) is -0.644. The number of hydrogen-bond acceptors (Lipinski definition) is 4. The number of nitrogens with one attached hydrogen (secondary N) is 2. The van der Waals surface area contributed by atoms with E-state index in [1.807, 2.05) is 0 Å². The van der Waals surface area contributed by atoms with Crippen molar-refractivity contribution in [3.05, 3.63) is 18.0 Å². The highest BCUT2D eigenvalue weighted by molar-refractivity contribution is 5.95. The topological polar surface area (TPSA) is 98.4 Å². The van der Waals surface area contributed by atoms with Crippen LogP contribution in [0.5, 0.6) is 0 Å². The number of ether oxygens (including phenoxy) is 1. The molecule has 2 amide bonds. The molecule has 1 aliphatic heterocycles. The lowest BCUT2D eigenvalue weighted by Gasteiger charge is -2.23. The van der Waals surface area contributed by atoms with E-state index in [0.717, 1.165) is 6.54 Å². The van der Waals surface area contributed by atoms with Crippen molar-refractivity contribution in [1.29, 1.82) is 0 Å². The monoisotopic (exact) mass is 266 g/mol. The van der Waals surface area contributed by atoms with Crippen LogP contribution in [0.2, 0.25) is 0 Å². The first kappa shape index (κ1) is 13.6. The molecule has 0 radical (unpaired) electrons. The van der Waals surface area contributed by atoms with Gasteiger partial charge in [-0.15, -0.1) is 0 Å². The van der Waals surface area contributed by atoms with Crippen LogP contribution in [0.15, 0.2) is 12.3 Å². The van der Waals surface area contributed by atoms with Crippen LogP contribution in [0.4, 0.5) is 5.69 Å². The van der Waals surface area contributed by atoms with E-state index in [4.69, 9.17) is 10.5 Å². The normalized spacial score (nSPS) is 19.1. The molecule has 1 aromatic rings. The van der Waals surface area contributed by atoms with Gasteiger partial charge in [0.2, 0.25) is 5.91 Å². The molecular formula is C12H18N4O3. The van der Waals surface area contributed by atoms with Crippen LogP contribution in [0, 0.1) is 0 Å². The fraction of sp³-hybridized carbons (Fsp3) is 0.500. The zero-order valence-corrected chi connectivity index (χ0v) is 10.8. The van der Waals surface area contributed by atoms with Crippen molar-refractivity contribution in [2.75, 3.05) is 25.1 Å². The van der Waals surface area contributed by atoms with Gasteiger partial charge >= 0.3 is 0 Å². The smallest absolute Gasteiger partial charge is 0.265 e. The van der Waals surface area contributed by atoms with Gasteiger partial charge in [0, 0.05) is 32.3 Å². The Kier molecular flexibility index (Phi) is 4.18. The van der Waals surface area contributed by atoms with Crippen molar-refractivity contribution < 1.29 is 14.3 Å². The molecule has 1 aromatic heterocycles. The summed E-state index contributed by atoms with van der Waals surface area (Å²) in [4.78, 5) is 22.9. The van der Waals surface area contributed by atoms with E-state index in [2.05, 4.69) is 10.6 Å². The first-order chi connectivity index (χ1) is 9.06. The van der Waals surface area contributed by atoms with E-state index in [1.54, 1.807) is 23.9 Å². The number of nitrogens with two attached hydrogens (primary N) is 1. The van der Waals surface area contributed by atoms with Crippen LogP contribution in [0.25, 0.3) is 0 Å². The minimum Gasteiger partial charge on any atom is -0.378 e. The first-order valence-electron chi connectivity index (χ1n) is 6.13. The Morgan fingerprint density at radius 3 is 3.00 bits per heavy atom. The second-order valence-corrected chi connectivity index (χ2v) is 4.57. The summed E-state index contributed by atoms with van der Waals surface area (Å²) in [5, 5.41) is 5.95. The summed E-state index contributed by atoms with van der Waals surface area (Å²) in [5.41, 5.74) is 6.13. The van der Waals surface area contributed by atoms with Crippen molar-refractivity contribution >= 4 is 17.5 Å². The third-order valence-corrected chi connectivity index (χ3v) is 2.97. The number of rotatable bonds is 4. The van der Waals surface area contributed by atoms with Crippen molar-refractivity contribution in [2.24, 2.45) is 12.8 Å². The van der Waals surface area contributed by atoms with Crippen molar-refractivity contribution in [1.82, 2.24) is 9.88 Å². The van der Waals surface area contributed by atoms with Crippen LogP contribution in [0.3, 0.4) is 0 Å². The maximum atomic E-state index is 11.8. The average Bonchev–Trinajstić information content (AvgIpc) is 2.71. The zero-order chi connectivity index (χ0) is 13.8. The number of aryl methyl sites for hydroxylation is 1. The number of carbonyl (C=O) groups excluding carboxylic acids is 2. The third-order valence-electron chi connectivity index (χ3n) is 2.97. The summed E-state index contributed by atoms with van der Waals surface area (Å²) in [6.07, 6.45) is 1.99. The molecule has 2 heterocycles. The predicted molar refractivity (Wildman–Crippen MR) is 69.8 cm³/mol. The lowest BCUT2D eigenvalue weighted by Crippen LogP contribution is -2.43. The summed E-state index contributed by atoms with van der Waals surface area (Å²) in [6.45, 7) is 1.97. The summed E-state index contributed by atoms with van der Waals surface area (Å²) in [6, 6.07) is 1.60. The molecule has 19 heavy (non-hydrogen) atoms. The molecule has 0 aromatic carbocycles. The SMILES string of the molecule is Cn1cc(NC(=O)CC2COCCN2)cc1C(N)=O. The van der Waals surface area contributed by atoms with Gasteiger partial charge in [-0.05, 0) is 6.07 Å². The number of nitrogens with zero attached hydrogens (tertiary/aromatic N) is 1. The van der Waals surface area contributed by atoms with Gasteiger partial charge in [0.15, 0.2) is 0 Å². The molecule has 7 nitrogen and oxygen atoms in total. The number of hydrogen-bond donors (Lipinski definition) is 3. The van der Waals surface area contributed by atoms with Gasteiger partial charge in [0.05, 0.1) is 18.9 Å². The van der Waals surface area contributed by atoms with Crippen LogP contribution in [-0.2, 0) is 16.6 Å². The molecule has 1 unspecified atom stereocenters. The summed E-state index contributed by atoms with van der Waals surface area (Å²) in [7, 11) is 1.70. The fourth-order valence-electron chi connectivity index (χ4n) is 2.06. The van der Waals surface area contributed by atoms with Gasteiger partial charge in [-0.2, -0.15) is 0 Å². The molecule has 0 bridgehead atoms. The number of amides is 2. The zero-order valence-electron chi connectivity index (χ0n) is 10.8. The first-order valence-corrected chi connectivity index (χ1v) is 6.13. The molecular weight excluding hydrogens is 248 g/mol. The highest BCUT2D eigenvalue weighted by Crippen LogP contribution is 2.13. The average molecular weight is 266 g/mol. The summed E-state index contributed by atoms with van der Waals surface area (Å²) >= 11 is 0. The van der Waals surface area contributed by atoms with Crippen LogP contribution < -0.4 is 16.4 Å². The molecule has 0 saturated carbocycles. The highest BCUT2D eigenvalue weighted by atomic mass is 16.5. The fourth-order valence-corrected chi connectivity index (χ4v) is 2.06. The van der Waals surface area contributed by atoms with E-state index in [1.165, 1.54) is 0 Å². The minimum absolute atomic E-state index is 0.0353. The molecule has 1 aliphatic rings. The Labute approximate surface area is 111 Å². The lowest BCUT2D eigenvalue weighted by atomic mass is 10.2. The van der Waals surface area contributed by atoms with Crippen LogP contribution >= 0.6 is 0 Å². The van der Waals surface area contributed by atoms with Crippen molar-refractivity contribution in [3.8, 4) is 0 Å². The van der Waals surface area contributed by atoms with E-state index in [9.17, 15) is 9.59 Å². The van der Waals surface area contributed by atoms with Crippen molar-refractivity contribution in [2.45, 2.75) is 12.5 Å². The van der Waals surface area contributed by atoms with Crippen LogP contribution in [-0.4, -0.2) is 42.2 Å². The third kappa shape index (κ3) is 3.55. The molecule has 1 atom stereocenters. The molecule has 1 saturated heterocycles. The van der Waals surface area contributed by atoms with Gasteiger partial charge in [-0.3, -0.25) is 9.59 Å². The Morgan fingerprint density at radius 2 is 2.42 bits per heavy atom. The number of morpholine rings is 1. The number of aromatic nitrogens is 1. The van der Waals surface area contributed by atoms with Gasteiger partial charge < -0.3 is 25.7 Å². The lowest BCUT2D eigenvalue weighted by molar-refractivity contribution is -0.117. The maximum Gasteiger partial charge on any atom is 0.265 e. The molecule has 1 fully saturated rings. The molecule has 0 aliphatic carbocycles. The van der Waals surface area contributed by atoms with E-state index in [-0.39, 0.29) is 11.9 Å². The van der Waals surface area contributed by atoms with Gasteiger partial charge in [0.25, 0.3) is 5.91 Å². The Hall–Kier alpha value is -1.86. The highest BCUT2D eigenvalue weighted by Gasteiger charge is 2.17. The van der Waals surface area contributed by atoms with Gasteiger partial charge in [0.1, 0.15) is 5.69 Å². The van der Waals surface area contributed by atoms with Gasteiger partial charge in [-0.25, -0.2) is 0 Å². The van der Waals surface area contributed by atoms with Crippen molar-refractivity contribution in [3.63, 3.8) is 0 Å². The summed E-state index contributed by atoms with van der Waals surface area (Å²) < 4.78 is 6.86. The Balaban J connectivity index is 1.91. The number of anilines is 1. The number of primary amides is 1. The predicted octanol–water partition coefficient (Wildman–Crippen LogP) is -0.559. The second kappa shape index (κ2) is 5.85. The largest absolute Gasteiger partial charge is 0.378 e. The molecule has 0 spiro atoms.